The molecule has 4 nitrogen and oxygen atoms in total. The van der Waals surface area contributed by atoms with E-state index in [9.17, 15) is 14.6 Å². The summed E-state index contributed by atoms with van der Waals surface area (Å²) in [6.07, 6.45) is -1.53. The van der Waals surface area contributed by atoms with Gasteiger partial charge in [-0.05, 0) is 12.1 Å². The average Bonchev–Trinajstić information content (AvgIpc) is 2.69. The third kappa shape index (κ3) is 3.52. The Kier molecular flexibility index (Phi) is 4.51. The standard InChI is InChI=1S/C14H16FNO3/c15-12-6-10(2-1-5-17)3-4-11(12)7-16-8-13(18)14(19)9-16/h3-4,6,13-14,17-19H,5,7-9H2. The van der Waals surface area contributed by atoms with Gasteiger partial charge < -0.3 is 15.3 Å². The van der Waals surface area contributed by atoms with Gasteiger partial charge in [-0.3, -0.25) is 4.90 Å². The molecule has 2 rings (SSSR count). The minimum absolute atomic E-state index is 0.257. The zero-order valence-electron chi connectivity index (χ0n) is 10.4. The number of aliphatic hydroxyl groups is 3. The van der Waals surface area contributed by atoms with Crippen LogP contribution >= 0.6 is 0 Å². The number of rotatable bonds is 2. The van der Waals surface area contributed by atoms with E-state index >= 15 is 0 Å². The van der Waals surface area contributed by atoms with Crippen molar-refractivity contribution in [3.8, 4) is 11.8 Å². The van der Waals surface area contributed by atoms with Gasteiger partial charge in [-0.2, -0.15) is 0 Å². The zero-order chi connectivity index (χ0) is 13.8. The van der Waals surface area contributed by atoms with Crippen molar-refractivity contribution < 1.29 is 19.7 Å². The van der Waals surface area contributed by atoms with Gasteiger partial charge in [-0.25, -0.2) is 4.39 Å². The lowest BCUT2D eigenvalue weighted by atomic mass is 10.1. The fourth-order valence-electron chi connectivity index (χ4n) is 2.11. The van der Waals surface area contributed by atoms with Crippen molar-refractivity contribution >= 4 is 0 Å². The molecule has 2 atom stereocenters. The van der Waals surface area contributed by atoms with Crippen molar-refractivity contribution in [3.63, 3.8) is 0 Å². The van der Waals surface area contributed by atoms with Gasteiger partial charge in [0.15, 0.2) is 0 Å². The van der Waals surface area contributed by atoms with Crippen LogP contribution in [0.4, 0.5) is 4.39 Å². The fraction of sp³-hybridized carbons (Fsp3) is 0.429. The molecule has 0 amide bonds. The van der Waals surface area contributed by atoms with Crippen LogP contribution < -0.4 is 0 Å². The maximum atomic E-state index is 13.8. The molecule has 102 valence electrons. The van der Waals surface area contributed by atoms with Crippen LogP contribution in [0, 0.1) is 17.7 Å². The first kappa shape index (κ1) is 14.0. The molecule has 1 aliphatic rings. The SMILES string of the molecule is OCC#Cc1ccc(CN2CC(O)C(O)C2)c(F)c1. The molecular formula is C14H16FNO3. The van der Waals surface area contributed by atoms with E-state index in [2.05, 4.69) is 11.8 Å². The Labute approximate surface area is 111 Å². The van der Waals surface area contributed by atoms with Crippen LogP contribution in [0.5, 0.6) is 0 Å². The van der Waals surface area contributed by atoms with Gasteiger partial charge in [-0.15, -0.1) is 0 Å². The Morgan fingerprint density at radius 2 is 1.95 bits per heavy atom. The summed E-state index contributed by atoms with van der Waals surface area (Å²) < 4.78 is 13.8. The van der Waals surface area contributed by atoms with Crippen LogP contribution in [0.2, 0.25) is 0 Å². The average molecular weight is 265 g/mol. The highest BCUT2D eigenvalue weighted by Crippen LogP contribution is 2.17. The quantitative estimate of drug-likeness (QED) is 0.643. The number of nitrogens with zero attached hydrogens (tertiary/aromatic N) is 1. The highest BCUT2D eigenvalue weighted by molar-refractivity contribution is 5.37. The van der Waals surface area contributed by atoms with Crippen LogP contribution in [0.25, 0.3) is 0 Å². The highest BCUT2D eigenvalue weighted by Gasteiger charge is 2.29. The predicted molar refractivity (Wildman–Crippen MR) is 67.7 cm³/mol. The van der Waals surface area contributed by atoms with Crippen molar-refractivity contribution in [1.29, 1.82) is 0 Å². The number of hydrogen-bond donors (Lipinski definition) is 3. The molecule has 2 unspecified atom stereocenters. The lowest BCUT2D eigenvalue weighted by molar-refractivity contribution is 0.0572. The van der Waals surface area contributed by atoms with Gasteiger partial charge >= 0.3 is 0 Å². The van der Waals surface area contributed by atoms with E-state index in [1.54, 1.807) is 17.0 Å². The van der Waals surface area contributed by atoms with Gasteiger partial charge in [0.1, 0.15) is 12.4 Å². The molecule has 1 aromatic carbocycles. The molecule has 0 aliphatic carbocycles. The fourth-order valence-corrected chi connectivity index (χ4v) is 2.11. The van der Waals surface area contributed by atoms with E-state index in [-0.39, 0.29) is 12.4 Å². The normalized spacial score (nSPS) is 23.2. The topological polar surface area (TPSA) is 63.9 Å². The molecule has 1 saturated heterocycles. The second-order valence-electron chi connectivity index (χ2n) is 4.59. The second-order valence-corrected chi connectivity index (χ2v) is 4.59. The predicted octanol–water partition coefficient (Wildman–Crippen LogP) is -0.293. The number of hydrogen-bond acceptors (Lipinski definition) is 4. The molecule has 0 radical (unpaired) electrons. The Balaban J connectivity index is 2.05. The molecule has 0 saturated carbocycles. The molecule has 1 aromatic rings. The molecular weight excluding hydrogens is 249 g/mol. The molecule has 3 N–H and O–H groups in total. The third-order valence-electron chi connectivity index (χ3n) is 3.09. The molecule has 0 bridgehead atoms. The van der Waals surface area contributed by atoms with Crippen molar-refractivity contribution in [2.75, 3.05) is 19.7 Å². The molecule has 1 fully saturated rings. The number of likely N-dealkylation sites (tertiary alicyclic amines) is 1. The van der Waals surface area contributed by atoms with Gasteiger partial charge in [0.2, 0.25) is 0 Å². The summed E-state index contributed by atoms with van der Waals surface area (Å²) in [5.41, 5.74) is 1.01. The van der Waals surface area contributed by atoms with Gasteiger partial charge in [0.05, 0.1) is 12.2 Å². The monoisotopic (exact) mass is 265 g/mol. The third-order valence-corrected chi connectivity index (χ3v) is 3.09. The Bertz CT molecular complexity index is 499. The Hall–Kier alpha value is -1.45. The summed E-state index contributed by atoms with van der Waals surface area (Å²) in [5.74, 6) is 4.72. The lowest BCUT2D eigenvalue weighted by Gasteiger charge is -2.15. The number of aliphatic hydroxyl groups excluding tert-OH is 3. The summed E-state index contributed by atoms with van der Waals surface area (Å²) in [5, 5.41) is 27.4. The van der Waals surface area contributed by atoms with Crippen LogP contribution in [-0.4, -0.2) is 52.1 Å². The van der Waals surface area contributed by atoms with E-state index in [0.29, 0.717) is 30.8 Å². The van der Waals surface area contributed by atoms with Crippen molar-refractivity contribution in [2.45, 2.75) is 18.8 Å². The molecule has 1 aliphatic heterocycles. The Morgan fingerprint density at radius 1 is 1.26 bits per heavy atom. The van der Waals surface area contributed by atoms with E-state index < -0.39 is 12.2 Å². The molecule has 5 heteroatoms. The number of β-amino-alcohol motifs (C(OH)–C–C–N with tert-alkyl or cyclic N) is 2. The maximum Gasteiger partial charge on any atom is 0.128 e. The second kappa shape index (κ2) is 6.13. The van der Waals surface area contributed by atoms with Crippen LogP contribution in [0.1, 0.15) is 11.1 Å². The molecule has 1 heterocycles. The first-order valence-corrected chi connectivity index (χ1v) is 6.07. The van der Waals surface area contributed by atoms with Gasteiger partial charge in [0, 0.05) is 30.8 Å². The minimum atomic E-state index is -0.766. The lowest BCUT2D eigenvalue weighted by Crippen LogP contribution is -2.22. The summed E-state index contributed by atoms with van der Waals surface area (Å²) in [6, 6.07) is 4.64. The van der Waals surface area contributed by atoms with E-state index in [0.717, 1.165) is 0 Å². The van der Waals surface area contributed by atoms with Gasteiger partial charge in [0.25, 0.3) is 0 Å². The first-order chi connectivity index (χ1) is 9.10. The van der Waals surface area contributed by atoms with Crippen molar-refractivity contribution in [3.05, 3.63) is 35.1 Å². The van der Waals surface area contributed by atoms with Crippen LogP contribution in [0.3, 0.4) is 0 Å². The summed E-state index contributed by atoms with van der Waals surface area (Å²) in [6.45, 7) is 0.764. The summed E-state index contributed by atoms with van der Waals surface area (Å²) in [7, 11) is 0. The summed E-state index contributed by atoms with van der Waals surface area (Å²) >= 11 is 0. The van der Waals surface area contributed by atoms with Gasteiger partial charge in [-0.1, -0.05) is 17.9 Å². The van der Waals surface area contributed by atoms with E-state index in [4.69, 9.17) is 5.11 Å². The minimum Gasteiger partial charge on any atom is -0.389 e. The molecule has 0 spiro atoms. The van der Waals surface area contributed by atoms with E-state index in [1.165, 1.54) is 6.07 Å². The maximum absolute atomic E-state index is 13.8. The highest BCUT2D eigenvalue weighted by atomic mass is 19.1. The van der Waals surface area contributed by atoms with Crippen molar-refractivity contribution in [2.24, 2.45) is 0 Å². The van der Waals surface area contributed by atoms with E-state index in [1.807, 2.05) is 0 Å². The smallest absolute Gasteiger partial charge is 0.128 e. The first-order valence-electron chi connectivity index (χ1n) is 6.07. The number of benzene rings is 1. The van der Waals surface area contributed by atoms with Crippen molar-refractivity contribution in [1.82, 2.24) is 4.90 Å². The zero-order valence-corrected chi connectivity index (χ0v) is 10.4. The van der Waals surface area contributed by atoms with Crippen LogP contribution in [0.15, 0.2) is 18.2 Å². The number of halogens is 1. The molecule has 0 aromatic heterocycles. The largest absolute Gasteiger partial charge is 0.389 e. The van der Waals surface area contributed by atoms with Crippen LogP contribution in [-0.2, 0) is 6.54 Å². The Morgan fingerprint density at radius 3 is 2.53 bits per heavy atom. The summed E-state index contributed by atoms with van der Waals surface area (Å²) in [4.78, 5) is 1.80. The molecule has 19 heavy (non-hydrogen) atoms.